The van der Waals surface area contributed by atoms with E-state index >= 15 is 0 Å². The van der Waals surface area contributed by atoms with E-state index in [1.54, 1.807) is 4.68 Å². The van der Waals surface area contributed by atoms with Crippen LogP contribution >= 0.6 is 0 Å². The molecule has 2 aliphatic carbocycles. The maximum Gasteiger partial charge on any atom is 0.333 e. The highest BCUT2D eigenvalue weighted by atomic mass is 32.2. The lowest BCUT2D eigenvalue weighted by Gasteiger charge is -2.18. The Hall–Kier alpha value is -2.39. The number of carbonyl (C=O) groups excluding carboxylic acids is 1. The van der Waals surface area contributed by atoms with Gasteiger partial charge in [0.2, 0.25) is 0 Å². The molecule has 8 nitrogen and oxygen atoms in total. The minimum absolute atomic E-state index is 0.0141. The van der Waals surface area contributed by atoms with E-state index in [1.165, 1.54) is 17.3 Å². The number of sulfonamides is 1. The number of aryl methyl sites for hydroxylation is 2. The molecular formula is C22H28N4O4S. The Morgan fingerprint density at radius 3 is 2.45 bits per heavy atom. The number of urea groups is 1. The first-order chi connectivity index (χ1) is 14.9. The highest BCUT2D eigenvalue weighted by Gasteiger charge is 2.29. The molecule has 3 aliphatic rings. The first-order valence-corrected chi connectivity index (χ1v) is 12.6. The summed E-state index contributed by atoms with van der Waals surface area (Å²) in [5, 5.41) is 17.1. The lowest BCUT2D eigenvalue weighted by molar-refractivity contribution is 0.131. The van der Waals surface area contributed by atoms with Crippen LogP contribution in [-0.2, 0) is 48.7 Å². The molecule has 2 aromatic rings. The van der Waals surface area contributed by atoms with Crippen LogP contribution in [-0.4, -0.2) is 35.4 Å². The van der Waals surface area contributed by atoms with E-state index in [0.717, 1.165) is 68.2 Å². The SMILES string of the molecule is O=C(Nc1c2c(cc3c1CCC3)CCC2)NS(=O)(=O)c1cnn2c1CCCCC(O)C2. The van der Waals surface area contributed by atoms with Crippen LogP contribution < -0.4 is 10.0 Å². The summed E-state index contributed by atoms with van der Waals surface area (Å²) in [7, 11) is -4.08. The molecule has 1 aromatic carbocycles. The number of carbonyl (C=O) groups is 1. The van der Waals surface area contributed by atoms with E-state index in [0.29, 0.717) is 18.5 Å². The maximum absolute atomic E-state index is 13.0. The molecule has 0 radical (unpaired) electrons. The minimum atomic E-state index is -4.08. The average Bonchev–Trinajstić information content (AvgIpc) is 3.42. The molecular weight excluding hydrogens is 416 g/mol. The maximum atomic E-state index is 13.0. The zero-order valence-corrected chi connectivity index (χ0v) is 18.3. The van der Waals surface area contributed by atoms with Gasteiger partial charge in [0.1, 0.15) is 4.90 Å². The second kappa shape index (κ2) is 7.94. The van der Waals surface area contributed by atoms with E-state index in [9.17, 15) is 18.3 Å². The molecule has 1 aliphatic heterocycles. The van der Waals surface area contributed by atoms with Gasteiger partial charge in [0, 0.05) is 5.69 Å². The van der Waals surface area contributed by atoms with E-state index in [-0.39, 0.29) is 11.4 Å². The molecule has 1 atom stereocenters. The molecule has 1 unspecified atom stereocenters. The number of aliphatic hydroxyl groups is 1. The van der Waals surface area contributed by atoms with Crippen molar-refractivity contribution in [3.8, 4) is 0 Å². The molecule has 5 rings (SSSR count). The van der Waals surface area contributed by atoms with Gasteiger partial charge in [0.25, 0.3) is 10.0 Å². The standard InChI is InChI=1S/C22H28N4O4S/c27-16-7-1-2-10-19-20(12-23-26(19)13-16)31(29,30)25-22(28)24-21-17-8-3-5-14(17)11-15-6-4-9-18(15)21/h11-12,16,27H,1-10,13H2,(H2,24,25,28). The number of hydrogen-bond donors (Lipinski definition) is 3. The lowest BCUT2D eigenvalue weighted by Crippen LogP contribution is -2.35. The van der Waals surface area contributed by atoms with Crippen molar-refractivity contribution < 1.29 is 18.3 Å². The van der Waals surface area contributed by atoms with Crippen molar-refractivity contribution in [1.29, 1.82) is 0 Å². The van der Waals surface area contributed by atoms with Crippen LogP contribution in [0.25, 0.3) is 0 Å². The van der Waals surface area contributed by atoms with E-state index in [1.807, 2.05) is 0 Å². The van der Waals surface area contributed by atoms with Gasteiger partial charge in [-0.15, -0.1) is 0 Å². The molecule has 3 N–H and O–H groups in total. The molecule has 31 heavy (non-hydrogen) atoms. The summed E-state index contributed by atoms with van der Waals surface area (Å²) in [6.07, 6.45) is 9.48. The molecule has 0 bridgehead atoms. The first-order valence-electron chi connectivity index (χ1n) is 11.2. The van der Waals surface area contributed by atoms with Gasteiger partial charge >= 0.3 is 6.03 Å². The van der Waals surface area contributed by atoms with Crippen LogP contribution in [0.15, 0.2) is 17.2 Å². The number of aliphatic hydroxyl groups excluding tert-OH is 1. The topological polar surface area (TPSA) is 113 Å². The number of rotatable bonds is 3. The number of hydrogen-bond acceptors (Lipinski definition) is 5. The summed E-state index contributed by atoms with van der Waals surface area (Å²) in [6.45, 7) is 0.263. The zero-order chi connectivity index (χ0) is 21.6. The second-order valence-electron chi connectivity index (χ2n) is 8.83. The lowest BCUT2D eigenvalue weighted by atomic mass is 9.99. The van der Waals surface area contributed by atoms with Gasteiger partial charge in [-0.1, -0.05) is 12.5 Å². The third-order valence-electron chi connectivity index (χ3n) is 6.72. The quantitative estimate of drug-likeness (QED) is 0.673. The van der Waals surface area contributed by atoms with Crippen molar-refractivity contribution in [3.05, 3.63) is 40.2 Å². The Morgan fingerprint density at radius 2 is 1.74 bits per heavy atom. The number of nitrogens with one attached hydrogen (secondary N) is 2. The van der Waals surface area contributed by atoms with Crippen LogP contribution in [0, 0.1) is 0 Å². The minimum Gasteiger partial charge on any atom is -0.391 e. The molecule has 0 saturated carbocycles. The van der Waals surface area contributed by atoms with Gasteiger partial charge in [0.15, 0.2) is 0 Å². The van der Waals surface area contributed by atoms with Crippen molar-refractivity contribution in [3.63, 3.8) is 0 Å². The summed E-state index contributed by atoms with van der Waals surface area (Å²) in [5.74, 6) is 0. The Morgan fingerprint density at radius 1 is 1.03 bits per heavy atom. The number of fused-ring (bicyclic) bond motifs is 3. The molecule has 0 spiro atoms. The fourth-order valence-corrected chi connectivity index (χ4v) is 6.38. The number of aromatic nitrogens is 2. The molecule has 0 fully saturated rings. The third-order valence-corrected chi connectivity index (χ3v) is 8.10. The van der Waals surface area contributed by atoms with Crippen LogP contribution in [0.2, 0.25) is 0 Å². The van der Waals surface area contributed by atoms with E-state index < -0.39 is 22.2 Å². The summed E-state index contributed by atoms with van der Waals surface area (Å²) in [6, 6.07) is 1.53. The fourth-order valence-electron chi connectivity index (χ4n) is 5.27. The van der Waals surface area contributed by atoms with Crippen LogP contribution in [0.4, 0.5) is 10.5 Å². The Kier molecular flexibility index (Phi) is 5.26. The molecule has 0 saturated heterocycles. The second-order valence-corrected chi connectivity index (χ2v) is 10.5. The largest absolute Gasteiger partial charge is 0.391 e. The summed E-state index contributed by atoms with van der Waals surface area (Å²) in [5.41, 5.74) is 6.20. The van der Waals surface area contributed by atoms with Gasteiger partial charge in [0.05, 0.1) is 24.5 Å². The van der Waals surface area contributed by atoms with Crippen LogP contribution in [0.1, 0.15) is 60.1 Å². The van der Waals surface area contributed by atoms with Crippen molar-refractivity contribution in [2.24, 2.45) is 0 Å². The van der Waals surface area contributed by atoms with E-state index in [2.05, 4.69) is 21.2 Å². The Balaban J connectivity index is 1.39. The predicted octanol–water partition coefficient (Wildman–Crippen LogP) is 2.46. The smallest absolute Gasteiger partial charge is 0.333 e. The van der Waals surface area contributed by atoms with Gasteiger partial charge in [-0.2, -0.15) is 5.10 Å². The number of benzene rings is 1. The van der Waals surface area contributed by atoms with Crippen molar-refractivity contribution >= 4 is 21.7 Å². The number of nitrogens with zero attached hydrogens (tertiary/aromatic N) is 2. The average molecular weight is 445 g/mol. The predicted molar refractivity (Wildman–Crippen MR) is 116 cm³/mol. The Labute approximate surface area is 182 Å². The molecule has 2 amide bonds. The van der Waals surface area contributed by atoms with E-state index in [4.69, 9.17) is 0 Å². The first kappa shape index (κ1) is 20.5. The highest BCUT2D eigenvalue weighted by Crippen LogP contribution is 2.38. The summed E-state index contributed by atoms with van der Waals surface area (Å²) >= 11 is 0. The molecule has 2 heterocycles. The number of amides is 2. The summed E-state index contributed by atoms with van der Waals surface area (Å²) < 4.78 is 29.8. The summed E-state index contributed by atoms with van der Waals surface area (Å²) in [4.78, 5) is 12.8. The molecule has 1 aromatic heterocycles. The fraction of sp³-hybridized carbons (Fsp3) is 0.545. The van der Waals surface area contributed by atoms with Crippen molar-refractivity contribution in [2.75, 3.05) is 5.32 Å². The van der Waals surface area contributed by atoms with Crippen molar-refractivity contribution in [2.45, 2.75) is 81.8 Å². The zero-order valence-electron chi connectivity index (χ0n) is 17.5. The van der Waals surface area contributed by atoms with Crippen LogP contribution in [0.3, 0.4) is 0 Å². The van der Waals surface area contributed by atoms with Gasteiger partial charge in [-0.05, 0) is 80.0 Å². The monoisotopic (exact) mass is 444 g/mol. The van der Waals surface area contributed by atoms with Crippen LogP contribution in [0.5, 0.6) is 0 Å². The van der Waals surface area contributed by atoms with Gasteiger partial charge in [-0.25, -0.2) is 17.9 Å². The van der Waals surface area contributed by atoms with Crippen molar-refractivity contribution in [1.82, 2.24) is 14.5 Å². The van der Waals surface area contributed by atoms with Gasteiger partial charge in [-0.3, -0.25) is 4.68 Å². The molecule has 9 heteroatoms. The Bertz CT molecular complexity index is 1110. The molecule has 166 valence electrons. The highest BCUT2D eigenvalue weighted by molar-refractivity contribution is 7.90. The third kappa shape index (κ3) is 3.85. The normalized spacial score (nSPS) is 20.4. The number of anilines is 1. The van der Waals surface area contributed by atoms with Gasteiger partial charge < -0.3 is 10.4 Å².